The average molecular weight is 223 g/mol. The molecule has 90 valence electrons. The summed E-state index contributed by atoms with van der Waals surface area (Å²) >= 11 is 0. The summed E-state index contributed by atoms with van der Waals surface area (Å²) in [5.41, 5.74) is 1.05. The van der Waals surface area contributed by atoms with Gasteiger partial charge in [-0.05, 0) is 37.1 Å². The zero-order valence-electron chi connectivity index (χ0n) is 10.5. The number of hydrogen-bond donors (Lipinski definition) is 1. The molecule has 1 rings (SSSR count). The molecule has 0 aliphatic carbocycles. The van der Waals surface area contributed by atoms with Crippen LogP contribution in [-0.2, 0) is 0 Å². The molecule has 2 heteroatoms. The first-order valence-corrected chi connectivity index (χ1v) is 6.10. The van der Waals surface area contributed by atoms with Crippen molar-refractivity contribution in [3.05, 3.63) is 35.6 Å². The molecule has 1 nitrogen and oxygen atoms in total. The molecule has 0 fully saturated rings. The molecule has 0 spiro atoms. The Morgan fingerprint density at radius 2 is 2.12 bits per heavy atom. The van der Waals surface area contributed by atoms with Crippen molar-refractivity contribution in [1.82, 2.24) is 5.32 Å². The normalized spacial score (nSPS) is 14.8. The maximum Gasteiger partial charge on any atom is 0.123 e. The molecule has 0 amide bonds. The highest BCUT2D eigenvalue weighted by Crippen LogP contribution is 2.23. The Morgan fingerprint density at radius 3 is 2.69 bits per heavy atom. The Bertz CT molecular complexity index is 311. The van der Waals surface area contributed by atoms with E-state index in [-0.39, 0.29) is 11.9 Å². The first-order chi connectivity index (χ1) is 7.67. The Kier molecular flexibility index (Phi) is 5.47. The Balaban J connectivity index is 2.67. The summed E-state index contributed by atoms with van der Waals surface area (Å²) in [6.45, 7) is 4.46. The molecule has 1 N–H and O–H groups in total. The summed E-state index contributed by atoms with van der Waals surface area (Å²) in [5.74, 6) is 0.520. The van der Waals surface area contributed by atoms with Crippen molar-refractivity contribution < 1.29 is 4.39 Å². The van der Waals surface area contributed by atoms with E-state index in [0.717, 1.165) is 12.0 Å². The van der Waals surface area contributed by atoms with Gasteiger partial charge in [-0.2, -0.15) is 0 Å². The van der Waals surface area contributed by atoms with Gasteiger partial charge in [0.25, 0.3) is 0 Å². The van der Waals surface area contributed by atoms with E-state index in [1.165, 1.54) is 18.9 Å². The lowest BCUT2D eigenvalue weighted by Gasteiger charge is -2.20. The predicted molar refractivity (Wildman–Crippen MR) is 66.9 cm³/mol. The van der Waals surface area contributed by atoms with E-state index in [9.17, 15) is 4.39 Å². The third-order valence-electron chi connectivity index (χ3n) is 3.02. The second kappa shape index (κ2) is 6.64. The molecule has 1 aromatic rings. The molecular formula is C14H22FN. The van der Waals surface area contributed by atoms with Gasteiger partial charge in [-0.15, -0.1) is 0 Å². The molecule has 0 aliphatic heterocycles. The molecule has 0 radical (unpaired) electrons. The van der Waals surface area contributed by atoms with Crippen LogP contribution < -0.4 is 5.32 Å². The first-order valence-electron chi connectivity index (χ1n) is 6.10. The van der Waals surface area contributed by atoms with Gasteiger partial charge in [0.05, 0.1) is 0 Å². The van der Waals surface area contributed by atoms with E-state index >= 15 is 0 Å². The standard InChI is InChI=1S/C14H22FN/c1-4-6-11(2)9-14(16-3)12-7-5-8-13(15)10-12/h5,7-8,10-11,14,16H,4,6,9H2,1-3H3. The second-order valence-electron chi connectivity index (χ2n) is 4.53. The summed E-state index contributed by atoms with van der Waals surface area (Å²) in [7, 11) is 1.94. The predicted octanol–water partition coefficient (Wildman–Crippen LogP) is 3.91. The Labute approximate surface area is 98.1 Å². The van der Waals surface area contributed by atoms with Crippen molar-refractivity contribution in [2.75, 3.05) is 7.05 Å². The van der Waals surface area contributed by atoms with Crippen molar-refractivity contribution in [2.45, 2.75) is 39.2 Å². The van der Waals surface area contributed by atoms with Crippen LogP contribution in [0, 0.1) is 11.7 Å². The summed E-state index contributed by atoms with van der Waals surface area (Å²) in [4.78, 5) is 0. The molecule has 0 saturated heterocycles. The topological polar surface area (TPSA) is 12.0 Å². The molecule has 16 heavy (non-hydrogen) atoms. The van der Waals surface area contributed by atoms with Gasteiger partial charge >= 0.3 is 0 Å². The number of halogens is 1. The SMILES string of the molecule is CCCC(C)CC(NC)c1cccc(F)c1. The van der Waals surface area contributed by atoms with E-state index in [1.54, 1.807) is 12.1 Å². The van der Waals surface area contributed by atoms with E-state index < -0.39 is 0 Å². The molecular weight excluding hydrogens is 201 g/mol. The van der Waals surface area contributed by atoms with Gasteiger partial charge < -0.3 is 5.32 Å². The van der Waals surface area contributed by atoms with Gasteiger partial charge in [0, 0.05) is 6.04 Å². The van der Waals surface area contributed by atoms with Crippen LogP contribution in [-0.4, -0.2) is 7.05 Å². The number of rotatable bonds is 6. The quantitative estimate of drug-likeness (QED) is 0.771. The van der Waals surface area contributed by atoms with Gasteiger partial charge in [-0.1, -0.05) is 38.8 Å². The van der Waals surface area contributed by atoms with Crippen LogP contribution in [0.3, 0.4) is 0 Å². The monoisotopic (exact) mass is 223 g/mol. The summed E-state index contributed by atoms with van der Waals surface area (Å²) in [6.07, 6.45) is 3.50. The lowest BCUT2D eigenvalue weighted by molar-refractivity contribution is 0.406. The van der Waals surface area contributed by atoms with Gasteiger partial charge in [0.2, 0.25) is 0 Å². The lowest BCUT2D eigenvalue weighted by atomic mass is 9.93. The van der Waals surface area contributed by atoms with Gasteiger partial charge in [-0.25, -0.2) is 4.39 Å². The number of benzene rings is 1. The molecule has 0 heterocycles. The van der Waals surface area contributed by atoms with Crippen LogP contribution >= 0.6 is 0 Å². The highest BCUT2D eigenvalue weighted by atomic mass is 19.1. The van der Waals surface area contributed by atoms with E-state index in [1.807, 2.05) is 13.1 Å². The maximum atomic E-state index is 13.1. The van der Waals surface area contributed by atoms with Gasteiger partial charge in [-0.3, -0.25) is 0 Å². The van der Waals surface area contributed by atoms with Gasteiger partial charge in [0.1, 0.15) is 5.82 Å². The minimum absolute atomic E-state index is 0.152. The smallest absolute Gasteiger partial charge is 0.123 e. The van der Waals surface area contributed by atoms with Crippen LogP contribution in [0.5, 0.6) is 0 Å². The zero-order valence-corrected chi connectivity index (χ0v) is 10.5. The summed E-state index contributed by atoms with van der Waals surface area (Å²) in [6, 6.07) is 7.14. The van der Waals surface area contributed by atoms with Crippen molar-refractivity contribution in [3.63, 3.8) is 0 Å². The van der Waals surface area contributed by atoms with E-state index in [4.69, 9.17) is 0 Å². The minimum Gasteiger partial charge on any atom is -0.313 e. The maximum absolute atomic E-state index is 13.1. The molecule has 0 aromatic heterocycles. The van der Waals surface area contributed by atoms with E-state index in [0.29, 0.717) is 5.92 Å². The van der Waals surface area contributed by atoms with Crippen LogP contribution in [0.1, 0.15) is 44.7 Å². The Hall–Kier alpha value is -0.890. The molecule has 1 aromatic carbocycles. The van der Waals surface area contributed by atoms with Crippen LogP contribution in [0.25, 0.3) is 0 Å². The second-order valence-corrected chi connectivity index (χ2v) is 4.53. The fourth-order valence-corrected chi connectivity index (χ4v) is 2.16. The number of hydrogen-bond acceptors (Lipinski definition) is 1. The summed E-state index contributed by atoms with van der Waals surface area (Å²) in [5, 5.41) is 3.27. The lowest BCUT2D eigenvalue weighted by Crippen LogP contribution is -2.19. The molecule has 2 atom stereocenters. The first kappa shape index (κ1) is 13.2. The third kappa shape index (κ3) is 3.93. The molecule has 2 unspecified atom stereocenters. The largest absolute Gasteiger partial charge is 0.313 e. The van der Waals surface area contributed by atoms with Crippen molar-refractivity contribution >= 4 is 0 Å². The van der Waals surface area contributed by atoms with Crippen LogP contribution in [0.2, 0.25) is 0 Å². The number of nitrogens with one attached hydrogen (secondary N) is 1. The fraction of sp³-hybridized carbons (Fsp3) is 0.571. The van der Waals surface area contributed by atoms with Crippen molar-refractivity contribution in [3.8, 4) is 0 Å². The molecule has 0 aliphatic rings. The zero-order chi connectivity index (χ0) is 12.0. The highest BCUT2D eigenvalue weighted by Gasteiger charge is 2.13. The van der Waals surface area contributed by atoms with E-state index in [2.05, 4.69) is 19.2 Å². The Morgan fingerprint density at radius 1 is 1.38 bits per heavy atom. The van der Waals surface area contributed by atoms with Crippen LogP contribution in [0.4, 0.5) is 4.39 Å². The minimum atomic E-state index is -0.152. The third-order valence-corrected chi connectivity index (χ3v) is 3.02. The molecule has 0 saturated carbocycles. The highest BCUT2D eigenvalue weighted by molar-refractivity contribution is 5.20. The van der Waals surface area contributed by atoms with Crippen molar-refractivity contribution in [2.24, 2.45) is 5.92 Å². The van der Waals surface area contributed by atoms with Crippen molar-refractivity contribution in [1.29, 1.82) is 0 Å². The van der Waals surface area contributed by atoms with Gasteiger partial charge in [0.15, 0.2) is 0 Å². The fourth-order valence-electron chi connectivity index (χ4n) is 2.16. The van der Waals surface area contributed by atoms with Crippen LogP contribution in [0.15, 0.2) is 24.3 Å². The molecule has 0 bridgehead atoms. The average Bonchev–Trinajstić information content (AvgIpc) is 2.26. The summed E-state index contributed by atoms with van der Waals surface area (Å²) < 4.78 is 13.1.